The number of imidazole rings is 1. The van der Waals surface area contributed by atoms with E-state index in [-0.39, 0.29) is 0 Å². The molecule has 1 atom stereocenters. The standard InChI is InChI=1S/C22H21N3O/c26-20(15-24-17-23-21-13-7-8-14-22(21)24)16-25(18-9-3-1-4-10-18)19-11-5-2-6-12-19/h1-14,17,20,26H,15-16H2/t20-/m1/s1. The van der Waals surface area contributed by atoms with Crippen molar-refractivity contribution in [2.45, 2.75) is 12.6 Å². The van der Waals surface area contributed by atoms with Crippen LogP contribution < -0.4 is 4.90 Å². The fourth-order valence-electron chi connectivity index (χ4n) is 3.23. The lowest BCUT2D eigenvalue weighted by Gasteiger charge is -2.27. The molecule has 0 aliphatic heterocycles. The van der Waals surface area contributed by atoms with Gasteiger partial charge < -0.3 is 14.6 Å². The lowest BCUT2D eigenvalue weighted by molar-refractivity contribution is 0.163. The summed E-state index contributed by atoms with van der Waals surface area (Å²) in [7, 11) is 0. The Bertz CT molecular complexity index is 927. The van der Waals surface area contributed by atoms with Crippen LogP contribution in [0.2, 0.25) is 0 Å². The fraction of sp³-hybridized carbons (Fsp3) is 0.136. The fourth-order valence-corrected chi connectivity index (χ4v) is 3.23. The first kappa shape index (κ1) is 16.4. The SMILES string of the molecule is O[C@@H](CN(c1ccccc1)c1ccccc1)Cn1cnc2ccccc21. The Morgan fingerprint density at radius 2 is 1.38 bits per heavy atom. The molecule has 3 aromatic carbocycles. The van der Waals surface area contributed by atoms with Crippen LogP contribution in [0.3, 0.4) is 0 Å². The van der Waals surface area contributed by atoms with Crippen molar-refractivity contribution in [1.82, 2.24) is 9.55 Å². The molecule has 0 aliphatic carbocycles. The molecule has 0 amide bonds. The lowest BCUT2D eigenvalue weighted by Crippen LogP contribution is -2.31. The van der Waals surface area contributed by atoms with E-state index in [2.05, 4.69) is 34.1 Å². The topological polar surface area (TPSA) is 41.3 Å². The van der Waals surface area contributed by atoms with Crippen molar-refractivity contribution in [1.29, 1.82) is 0 Å². The predicted molar refractivity (Wildman–Crippen MR) is 106 cm³/mol. The first-order valence-corrected chi connectivity index (χ1v) is 8.77. The van der Waals surface area contributed by atoms with Crippen LogP contribution in [-0.2, 0) is 6.54 Å². The van der Waals surface area contributed by atoms with E-state index >= 15 is 0 Å². The van der Waals surface area contributed by atoms with E-state index in [4.69, 9.17) is 0 Å². The van der Waals surface area contributed by atoms with Crippen LogP contribution in [0, 0.1) is 0 Å². The number of benzene rings is 3. The van der Waals surface area contributed by atoms with Gasteiger partial charge in [0.05, 0.1) is 36.6 Å². The average Bonchev–Trinajstić information content (AvgIpc) is 3.10. The van der Waals surface area contributed by atoms with E-state index in [1.807, 2.05) is 65.2 Å². The van der Waals surface area contributed by atoms with E-state index in [0.29, 0.717) is 13.1 Å². The molecule has 4 rings (SSSR count). The lowest BCUT2D eigenvalue weighted by atomic mass is 10.2. The van der Waals surface area contributed by atoms with E-state index in [1.165, 1.54) is 0 Å². The summed E-state index contributed by atoms with van der Waals surface area (Å²) < 4.78 is 2.01. The maximum atomic E-state index is 10.8. The molecule has 0 aliphatic rings. The van der Waals surface area contributed by atoms with Crippen molar-refractivity contribution in [3.63, 3.8) is 0 Å². The van der Waals surface area contributed by atoms with Crippen molar-refractivity contribution >= 4 is 22.4 Å². The Morgan fingerprint density at radius 1 is 0.808 bits per heavy atom. The van der Waals surface area contributed by atoms with Gasteiger partial charge in [-0.3, -0.25) is 0 Å². The average molecular weight is 343 g/mol. The summed E-state index contributed by atoms with van der Waals surface area (Å²) in [6, 6.07) is 28.3. The van der Waals surface area contributed by atoms with Gasteiger partial charge >= 0.3 is 0 Å². The number of rotatable bonds is 6. The second-order valence-electron chi connectivity index (χ2n) is 6.32. The highest BCUT2D eigenvalue weighted by Crippen LogP contribution is 2.25. The largest absolute Gasteiger partial charge is 0.389 e. The van der Waals surface area contributed by atoms with Gasteiger partial charge in [0, 0.05) is 11.4 Å². The number of aliphatic hydroxyl groups excluding tert-OH is 1. The van der Waals surface area contributed by atoms with Crippen LogP contribution in [0.4, 0.5) is 11.4 Å². The molecule has 0 fully saturated rings. The molecule has 0 bridgehead atoms. The van der Waals surface area contributed by atoms with Gasteiger partial charge in [0.15, 0.2) is 0 Å². The second kappa shape index (κ2) is 7.42. The summed E-state index contributed by atoms with van der Waals surface area (Å²) in [5.74, 6) is 0. The first-order chi connectivity index (χ1) is 12.8. The number of anilines is 2. The molecule has 0 spiro atoms. The van der Waals surface area contributed by atoms with E-state index < -0.39 is 6.10 Å². The van der Waals surface area contributed by atoms with Gasteiger partial charge in [-0.2, -0.15) is 0 Å². The molecule has 0 radical (unpaired) electrons. The van der Waals surface area contributed by atoms with Crippen molar-refractivity contribution in [2.24, 2.45) is 0 Å². The zero-order chi connectivity index (χ0) is 17.8. The summed E-state index contributed by atoms with van der Waals surface area (Å²) in [6.07, 6.45) is 1.26. The highest BCUT2D eigenvalue weighted by Gasteiger charge is 2.15. The normalized spacial score (nSPS) is 12.2. The number of aromatic nitrogens is 2. The van der Waals surface area contributed by atoms with Gasteiger partial charge in [-0.25, -0.2) is 4.98 Å². The minimum Gasteiger partial charge on any atom is -0.389 e. The number of fused-ring (bicyclic) bond motifs is 1. The molecule has 130 valence electrons. The summed E-state index contributed by atoms with van der Waals surface area (Å²) >= 11 is 0. The number of nitrogens with zero attached hydrogens (tertiary/aromatic N) is 3. The molecule has 26 heavy (non-hydrogen) atoms. The van der Waals surface area contributed by atoms with Crippen molar-refractivity contribution in [2.75, 3.05) is 11.4 Å². The first-order valence-electron chi connectivity index (χ1n) is 8.77. The molecule has 0 saturated heterocycles. The highest BCUT2D eigenvalue weighted by atomic mass is 16.3. The predicted octanol–water partition coefficient (Wildman–Crippen LogP) is 4.24. The van der Waals surface area contributed by atoms with Gasteiger partial charge in [-0.15, -0.1) is 0 Å². The zero-order valence-electron chi connectivity index (χ0n) is 14.4. The minimum atomic E-state index is -0.534. The van der Waals surface area contributed by atoms with Crippen molar-refractivity contribution in [3.8, 4) is 0 Å². The molecule has 4 heteroatoms. The van der Waals surface area contributed by atoms with Crippen LogP contribution >= 0.6 is 0 Å². The van der Waals surface area contributed by atoms with E-state index in [9.17, 15) is 5.11 Å². The molecule has 4 nitrogen and oxygen atoms in total. The van der Waals surface area contributed by atoms with Crippen molar-refractivity contribution in [3.05, 3.63) is 91.3 Å². The van der Waals surface area contributed by atoms with Crippen LogP contribution in [0.1, 0.15) is 0 Å². The number of hydrogen-bond donors (Lipinski definition) is 1. The molecule has 1 aromatic heterocycles. The number of para-hydroxylation sites is 4. The maximum absolute atomic E-state index is 10.8. The van der Waals surface area contributed by atoms with Gasteiger partial charge in [0.25, 0.3) is 0 Å². The van der Waals surface area contributed by atoms with Crippen molar-refractivity contribution < 1.29 is 5.11 Å². The van der Waals surface area contributed by atoms with Crippen LogP contribution in [-0.4, -0.2) is 27.3 Å². The molecular weight excluding hydrogens is 322 g/mol. The second-order valence-corrected chi connectivity index (χ2v) is 6.32. The Kier molecular flexibility index (Phi) is 4.67. The smallest absolute Gasteiger partial charge is 0.0959 e. The summed E-state index contributed by atoms with van der Waals surface area (Å²) in [5, 5.41) is 10.8. The Morgan fingerprint density at radius 3 is 2.04 bits per heavy atom. The van der Waals surface area contributed by atoms with Gasteiger partial charge in [-0.1, -0.05) is 48.5 Å². The van der Waals surface area contributed by atoms with Gasteiger partial charge in [0.1, 0.15) is 0 Å². The third kappa shape index (κ3) is 3.46. The quantitative estimate of drug-likeness (QED) is 0.569. The summed E-state index contributed by atoms with van der Waals surface area (Å²) in [6.45, 7) is 0.997. The number of aliphatic hydroxyl groups is 1. The number of hydrogen-bond acceptors (Lipinski definition) is 3. The van der Waals surface area contributed by atoms with Crippen LogP contribution in [0.15, 0.2) is 91.3 Å². The molecule has 0 saturated carbocycles. The third-order valence-electron chi connectivity index (χ3n) is 4.46. The van der Waals surface area contributed by atoms with Crippen LogP contribution in [0.5, 0.6) is 0 Å². The van der Waals surface area contributed by atoms with E-state index in [1.54, 1.807) is 6.33 Å². The maximum Gasteiger partial charge on any atom is 0.0959 e. The Hall–Kier alpha value is -3.11. The molecule has 1 N–H and O–H groups in total. The Balaban J connectivity index is 1.57. The monoisotopic (exact) mass is 343 g/mol. The molecule has 4 aromatic rings. The minimum absolute atomic E-state index is 0.497. The zero-order valence-corrected chi connectivity index (χ0v) is 14.4. The summed E-state index contributed by atoms with van der Waals surface area (Å²) in [4.78, 5) is 6.55. The highest BCUT2D eigenvalue weighted by molar-refractivity contribution is 5.74. The van der Waals surface area contributed by atoms with Gasteiger partial charge in [0.2, 0.25) is 0 Å². The van der Waals surface area contributed by atoms with Crippen LogP contribution in [0.25, 0.3) is 11.0 Å². The molecule has 1 heterocycles. The summed E-state index contributed by atoms with van der Waals surface area (Å²) in [5.41, 5.74) is 4.11. The molecular formula is C22H21N3O. The molecule has 0 unspecified atom stereocenters. The van der Waals surface area contributed by atoms with E-state index in [0.717, 1.165) is 22.4 Å². The van der Waals surface area contributed by atoms with Gasteiger partial charge in [-0.05, 0) is 36.4 Å². The Labute approximate surface area is 153 Å². The third-order valence-corrected chi connectivity index (χ3v) is 4.46.